The molecule has 7 nitrogen and oxygen atoms in total. The molecule has 2 rings (SSSR count). The first-order valence-electron chi connectivity index (χ1n) is 6.16. The molecule has 0 spiro atoms. The lowest BCUT2D eigenvalue weighted by Gasteiger charge is -2.31. The third-order valence-corrected chi connectivity index (χ3v) is 7.23. The number of sulfone groups is 1. The first-order valence-corrected chi connectivity index (χ1v) is 9.42. The van der Waals surface area contributed by atoms with Crippen LogP contribution in [0.3, 0.4) is 0 Å². The van der Waals surface area contributed by atoms with E-state index in [2.05, 4.69) is 0 Å². The van der Waals surface area contributed by atoms with Gasteiger partial charge in [-0.3, -0.25) is 0 Å². The minimum Gasteiger partial charge on any atom is -0.390 e. The van der Waals surface area contributed by atoms with E-state index in [1.54, 1.807) is 14.0 Å². The maximum atomic E-state index is 12.5. The van der Waals surface area contributed by atoms with E-state index in [0.717, 1.165) is 0 Å². The lowest BCUT2D eigenvalue weighted by molar-refractivity contribution is 0.272. The lowest BCUT2D eigenvalue weighted by Crippen LogP contribution is -2.49. The van der Waals surface area contributed by atoms with Crippen LogP contribution < -0.4 is 0 Å². The van der Waals surface area contributed by atoms with Crippen molar-refractivity contribution in [2.75, 3.05) is 18.1 Å². The first kappa shape index (κ1) is 15.5. The molecule has 2 heterocycles. The second kappa shape index (κ2) is 5.14. The zero-order valence-corrected chi connectivity index (χ0v) is 13.0. The van der Waals surface area contributed by atoms with Gasteiger partial charge in [0.15, 0.2) is 9.84 Å². The Labute approximate surface area is 118 Å². The van der Waals surface area contributed by atoms with Gasteiger partial charge in [0.2, 0.25) is 10.0 Å². The molecule has 1 aromatic rings. The van der Waals surface area contributed by atoms with E-state index in [9.17, 15) is 16.8 Å². The maximum absolute atomic E-state index is 12.5. The molecular formula is C11H18N2O5S2. The van der Waals surface area contributed by atoms with Gasteiger partial charge >= 0.3 is 0 Å². The Bertz CT molecular complexity index is 705. The Balaban J connectivity index is 2.35. The first-order chi connectivity index (χ1) is 9.17. The fourth-order valence-electron chi connectivity index (χ4n) is 2.35. The van der Waals surface area contributed by atoms with E-state index >= 15 is 0 Å². The largest absolute Gasteiger partial charge is 0.390 e. The Morgan fingerprint density at radius 1 is 1.45 bits per heavy atom. The summed E-state index contributed by atoms with van der Waals surface area (Å²) in [5, 5.41) is 9.12. The van der Waals surface area contributed by atoms with Crippen LogP contribution in [0.4, 0.5) is 0 Å². The summed E-state index contributed by atoms with van der Waals surface area (Å²) in [6.45, 7) is 1.30. The van der Waals surface area contributed by atoms with Crippen LogP contribution in [-0.4, -0.2) is 54.9 Å². The highest BCUT2D eigenvalue weighted by Gasteiger charge is 2.37. The highest BCUT2D eigenvalue weighted by atomic mass is 32.2. The summed E-state index contributed by atoms with van der Waals surface area (Å²) in [5.41, 5.74) is 0.487. The van der Waals surface area contributed by atoms with E-state index < -0.39 is 25.9 Å². The molecule has 1 saturated heterocycles. The molecule has 0 aromatic carbocycles. The molecule has 1 aliphatic rings. The molecule has 1 atom stereocenters. The number of aliphatic hydroxyl groups excluding tert-OH is 1. The summed E-state index contributed by atoms with van der Waals surface area (Å²) in [6, 6.07) is 0.821. The van der Waals surface area contributed by atoms with Crippen LogP contribution in [0, 0.1) is 0 Å². The Kier molecular flexibility index (Phi) is 3.98. The number of aliphatic hydroxyl groups is 1. The minimum absolute atomic E-state index is 0.0326. The Morgan fingerprint density at radius 3 is 2.60 bits per heavy atom. The van der Waals surface area contributed by atoms with Gasteiger partial charge in [-0.2, -0.15) is 4.31 Å². The SMILES string of the molecule is CC1CS(=O)(=O)CCN1S(=O)(=O)c1cc(CO)n(C)c1. The van der Waals surface area contributed by atoms with Crippen LogP contribution >= 0.6 is 0 Å². The topological polar surface area (TPSA) is 96.7 Å². The van der Waals surface area contributed by atoms with Gasteiger partial charge in [-0.1, -0.05) is 0 Å². The van der Waals surface area contributed by atoms with Crippen LogP contribution in [0.15, 0.2) is 17.2 Å². The molecule has 9 heteroatoms. The highest BCUT2D eigenvalue weighted by Crippen LogP contribution is 2.23. The molecule has 1 unspecified atom stereocenters. The van der Waals surface area contributed by atoms with Gasteiger partial charge < -0.3 is 9.67 Å². The van der Waals surface area contributed by atoms with E-state index in [-0.39, 0.29) is 29.6 Å². The number of aromatic nitrogens is 1. The predicted molar refractivity (Wildman–Crippen MR) is 73.3 cm³/mol. The van der Waals surface area contributed by atoms with Gasteiger partial charge in [-0.05, 0) is 13.0 Å². The summed E-state index contributed by atoms with van der Waals surface area (Å²) in [4.78, 5) is 0.0789. The molecule has 0 saturated carbocycles. The molecule has 1 N–H and O–H groups in total. The normalized spacial score (nSPS) is 23.9. The number of hydrogen-bond donors (Lipinski definition) is 1. The Hall–Kier alpha value is -0.900. The van der Waals surface area contributed by atoms with Crippen molar-refractivity contribution in [1.82, 2.24) is 8.87 Å². The molecule has 1 fully saturated rings. The smallest absolute Gasteiger partial charge is 0.244 e. The molecule has 114 valence electrons. The van der Waals surface area contributed by atoms with Gasteiger partial charge in [-0.15, -0.1) is 0 Å². The predicted octanol–water partition coefficient (Wildman–Crippen LogP) is -0.675. The zero-order valence-electron chi connectivity index (χ0n) is 11.4. The molecule has 0 bridgehead atoms. The summed E-state index contributed by atoms with van der Waals surface area (Å²) in [5.74, 6) is -0.317. The van der Waals surface area contributed by atoms with Crippen molar-refractivity contribution in [3.05, 3.63) is 18.0 Å². The van der Waals surface area contributed by atoms with Crippen LogP contribution in [0.2, 0.25) is 0 Å². The second-order valence-corrected chi connectivity index (χ2v) is 9.13. The van der Waals surface area contributed by atoms with Crippen LogP contribution in [-0.2, 0) is 33.5 Å². The van der Waals surface area contributed by atoms with Gasteiger partial charge in [0.25, 0.3) is 0 Å². The van der Waals surface area contributed by atoms with Gasteiger partial charge in [-0.25, -0.2) is 16.8 Å². The Morgan fingerprint density at radius 2 is 2.10 bits per heavy atom. The maximum Gasteiger partial charge on any atom is 0.244 e. The summed E-state index contributed by atoms with van der Waals surface area (Å²) in [7, 11) is -5.26. The third kappa shape index (κ3) is 2.76. The molecule has 1 aromatic heterocycles. The average Bonchev–Trinajstić information content (AvgIpc) is 2.69. The van der Waals surface area contributed by atoms with E-state index in [4.69, 9.17) is 5.11 Å². The molecular weight excluding hydrogens is 304 g/mol. The van der Waals surface area contributed by atoms with Crippen molar-refractivity contribution < 1.29 is 21.9 Å². The van der Waals surface area contributed by atoms with Crippen molar-refractivity contribution in [2.24, 2.45) is 7.05 Å². The summed E-state index contributed by atoms with van der Waals surface area (Å²) in [6.07, 6.45) is 1.43. The van der Waals surface area contributed by atoms with E-state index in [1.807, 2.05) is 0 Å². The average molecular weight is 322 g/mol. The van der Waals surface area contributed by atoms with E-state index in [0.29, 0.717) is 5.69 Å². The van der Waals surface area contributed by atoms with Crippen LogP contribution in [0.1, 0.15) is 12.6 Å². The van der Waals surface area contributed by atoms with Crippen molar-refractivity contribution >= 4 is 19.9 Å². The number of nitrogens with zero attached hydrogens (tertiary/aromatic N) is 2. The molecule has 0 aliphatic carbocycles. The molecule has 0 radical (unpaired) electrons. The number of rotatable bonds is 3. The van der Waals surface area contributed by atoms with Crippen LogP contribution in [0.5, 0.6) is 0 Å². The van der Waals surface area contributed by atoms with Crippen molar-refractivity contribution in [2.45, 2.75) is 24.5 Å². The second-order valence-electron chi connectivity index (χ2n) is 5.02. The quantitative estimate of drug-likeness (QED) is 0.796. The van der Waals surface area contributed by atoms with Crippen molar-refractivity contribution in [3.8, 4) is 0 Å². The third-order valence-electron chi connectivity index (χ3n) is 3.46. The lowest BCUT2D eigenvalue weighted by atomic mass is 10.4. The number of aryl methyl sites for hydroxylation is 1. The monoisotopic (exact) mass is 322 g/mol. The fourth-order valence-corrected chi connectivity index (χ4v) is 5.84. The van der Waals surface area contributed by atoms with Crippen molar-refractivity contribution in [3.63, 3.8) is 0 Å². The van der Waals surface area contributed by atoms with Gasteiger partial charge in [0.05, 0.1) is 18.1 Å². The number of hydrogen-bond acceptors (Lipinski definition) is 5. The summed E-state index contributed by atoms with van der Waals surface area (Å²) < 4.78 is 50.8. The van der Waals surface area contributed by atoms with Gasteiger partial charge in [0.1, 0.15) is 4.90 Å². The minimum atomic E-state index is -3.74. The standard InChI is InChI=1S/C11H18N2O5S2/c1-9-8-19(15,16)4-3-13(9)20(17,18)11-5-10(7-14)12(2)6-11/h5-6,9,14H,3-4,7-8H2,1-2H3. The molecule has 0 amide bonds. The molecule has 20 heavy (non-hydrogen) atoms. The van der Waals surface area contributed by atoms with Gasteiger partial charge in [0, 0.05) is 31.5 Å². The summed E-state index contributed by atoms with van der Waals surface area (Å²) >= 11 is 0. The molecule has 1 aliphatic heterocycles. The highest BCUT2D eigenvalue weighted by molar-refractivity contribution is 7.92. The van der Waals surface area contributed by atoms with Crippen LogP contribution in [0.25, 0.3) is 0 Å². The fraction of sp³-hybridized carbons (Fsp3) is 0.636. The van der Waals surface area contributed by atoms with Crippen molar-refractivity contribution in [1.29, 1.82) is 0 Å². The zero-order chi connectivity index (χ0) is 15.1. The number of sulfonamides is 1. The van der Waals surface area contributed by atoms with E-state index in [1.165, 1.54) is 21.1 Å².